The number of carbonyl (C=O) groups excluding carboxylic acids is 1. The summed E-state index contributed by atoms with van der Waals surface area (Å²) in [6, 6.07) is 6.24. The molecule has 4 heteroatoms. The minimum absolute atomic E-state index is 0.0208. The first-order valence-electron chi connectivity index (χ1n) is 4.77. The first-order chi connectivity index (χ1) is 7.10. The summed E-state index contributed by atoms with van der Waals surface area (Å²) in [5.74, 6) is -0.432. The van der Waals surface area contributed by atoms with Crippen molar-refractivity contribution in [2.45, 2.75) is 12.5 Å². The van der Waals surface area contributed by atoms with Crippen LogP contribution in [-0.2, 0) is 15.1 Å². The van der Waals surface area contributed by atoms with E-state index in [9.17, 15) is 9.18 Å². The molecule has 1 aliphatic heterocycles. The molecule has 0 bridgehead atoms. The van der Waals surface area contributed by atoms with Crippen LogP contribution in [0.4, 0.5) is 4.39 Å². The highest BCUT2D eigenvalue weighted by Gasteiger charge is 2.32. The lowest BCUT2D eigenvalue weighted by Crippen LogP contribution is -2.48. The van der Waals surface area contributed by atoms with Gasteiger partial charge in [0, 0.05) is 0 Å². The fourth-order valence-corrected chi connectivity index (χ4v) is 1.60. The molecule has 1 unspecified atom stereocenters. The standard InChI is InChI=1S/C11H12FNO2/c1-11(7-13-10(14)6-15-11)8-3-2-4-9(12)5-8/h2-5H,6-7H2,1H3,(H,13,14). The van der Waals surface area contributed by atoms with Crippen molar-refractivity contribution in [1.29, 1.82) is 0 Å². The van der Waals surface area contributed by atoms with Gasteiger partial charge in [-0.2, -0.15) is 0 Å². The van der Waals surface area contributed by atoms with Crippen LogP contribution in [0.25, 0.3) is 0 Å². The highest BCUT2D eigenvalue weighted by Crippen LogP contribution is 2.26. The third kappa shape index (κ3) is 1.99. The van der Waals surface area contributed by atoms with Crippen LogP contribution in [0, 0.1) is 5.82 Å². The molecule has 15 heavy (non-hydrogen) atoms. The lowest BCUT2D eigenvalue weighted by atomic mass is 9.94. The van der Waals surface area contributed by atoms with E-state index in [1.54, 1.807) is 12.1 Å². The molecule has 3 nitrogen and oxygen atoms in total. The highest BCUT2D eigenvalue weighted by atomic mass is 19.1. The average molecular weight is 209 g/mol. The number of morpholine rings is 1. The molecule has 1 heterocycles. The van der Waals surface area contributed by atoms with Gasteiger partial charge in [0.1, 0.15) is 18.0 Å². The van der Waals surface area contributed by atoms with Crippen LogP contribution in [-0.4, -0.2) is 19.1 Å². The maximum Gasteiger partial charge on any atom is 0.246 e. The van der Waals surface area contributed by atoms with Crippen molar-refractivity contribution < 1.29 is 13.9 Å². The van der Waals surface area contributed by atoms with E-state index in [1.807, 2.05) is 6.92 Å². The number of ether oxygens (including phenoxy) is 1. The van der Waals surface area contributed by atoms with Crippen molar-refractivity contribution >= 4 is 5.91 Å². The number of benzene rings is 1. The number of hydrogen-bond acceptors (Lipinski definition) is 2. The molecule has 1 atom stereocenters. The van der Waals surface area contributed by atoms with Crippen LogP contribution in [0.2, 0.25) is 0 Å². The smallest absolute Gasteiger partial charge is 0.246 e. The van der Waals surface area contributed by atoms with Gasteiger partial charge in [0.25, 0.3) is 0 Å². The number of amides is 1. The summed E-state index contributed by atoms with van der Waals surface area (Å²) < 4.78 is 18.5. The van der Waals surface area contributed by atoms with Gasteiger partial charge >= 0.3 is 0 Å². The number of halogens is 1. The summed E-state index contributed by atoms with van der Waals surface area (Å²) in [4.78, 5) is 10.9. The van der Waals surface area contributed by atoms with Crippen LogP contribution in [0.15, 0.2) is 24.3 Å². The second-order valence-corrected chi connectivity index (χ2v) is 3.81. The molecule has 1 amide bonds. The van der Waals surface area contributed by atoms with Crippen molar-refractivity contribution in [2.75, 3.05) is 13.2 Å². The Balaban J connectivity index is 2.25. The lowest BCUT2D eigenvalue weighted by Gasteiger charge is -2.34. The zero-order valence-corrected chi connectivity index (χ0v) is 8.42. The third-order valence-electron chi connectivity index (χ3n) is 2.58. The summed E-state index contributed by atoms with van der Waals surface area (Å²) in [5.41, 5.74) is 0.109. The molecular formula is C11H12FNO2. The van der Waals surface area contributed by atoms with Crippen molar-refractivity contribution in [2.24, 2.45) is 0 Å². The first kappa shape index (κ1) is 10.1. The van der Waals surface area contributed by atoms with Crippen LogP contribution in [0.5, 0.6) is 0 Å². The van der Waals surface area contributed by atoms with Gasteiger partial charge in [-0.25, -0.2) is 4.39 Å². The number of hydrogen-bond donors (Lipinski definition) is 1. The van der Waals surface area contributed by atoms with Gasteiger partial charge in [-0.05, 0) is 24.6 Å². The van der Waals surface area contributed by atoms with Gasteiger partial charge in [-0.1, -0.05) is 12.1 Å². The SMILES string of the molecule is CC1(c2cccc(F)c2)CNC(=O)CO1. The molecule has 0 saturated carbocycles. The summed E-state index contributed by atoms with van der Waals surface area (Å²) in [6.07, 6.45) is 0. The van der Waals surface area contributed by atoms with Crippen molar-refractivity contribution in [3.05, 3.63) is 35.6 Å². The molecule has 1 aliphatic rings. The van der Waals surface area contributed by atoms with Gasteiger partial charge in [-0.3, -0.25) is 4.79 Å². The monoisotopic (exact) mass is 209 g/mol. The van der Waals surface area contributed by atoms with Crippen molar-refractivity contribution in [3.63, 3.8) is 0 Å². The largest absolute Gasteiger partial charge is 0.359 e. The van der Waals surface area contributed by atoms with E-state index in [0.717, 1.165) is 5.56 Å². The van der Waals surface area contributed by atoms with E-state index in [2.05, 4.69) is 5.32 Å². The van der Waals surface area contributed by atoms with Crippen LogP contribution < -0.4 is 5.32 Å². The van der Waals surface area contributed by atoms with E-state index >= 15 is 0 Å². The Morgan fingerprint density at radius 1 is 1.53 bits per heavy atom. The van der Waals surface area contributed by atoms with E-state index in [4.69, 9.17) is 4.74 Å². The molecule has 1 fully saturated rings. The lowest BCUT2D eigenvalue weighted by molar-refractivity contribution is -0.142. The molecule has 0 aliphatic carbocycles. The molecule has 80 valence electrons. The molecule has 0 aromatic heterocycles. The van der Waals surface area contributed by atoms with E-state index in [1.165, 1.54) is 12.1 Å². The summed E-state index contributed by atoms with van der Waals surface area (Å²) >= 11 is 0. The van der Waals surface area contributed by atoms with E-state index < -0.39 is 5.60 Å². The highest BCUT2D eigenvalue weighted by molar-refractivity contribution is 5.78. The number of nitrogens with one attached hydrogen (secondary N) is 1. The second kappa shape index (κ2) is 3.62. The second-order valence-electron chi connectivity index (χ2n) is 3.81. The normalized spacial score (nSPS) is 26.1. The van der Waals surface area contributed by atoms with Crippen molar-refractivity contribution in [3.8, 4) is 0 Å². The summed E-state index contributed by atoms with van der Waals surface area (Å²) in [7, 11) is 0. The Labute approximate surface area is 87.2 Å². The van der Waals surface area contributed by atoms with Crippen molar-refractivity contribution in [1.82, 2.24) is 5.32 Å². The van der Waals surface area contributed by atoms with Gasteiger partial charge in [-0.15, -0.1) is 0 Å². The molecule has 0 spiro atoms. The summed E-state index contributed by atoms with van der Waals surface area (Å²) in [6.45, 7) is 2.23. The Bertz CT molecular complexity index is 382. The molecule has 1 saturated heterocycles. The molecule has 0 radical (unpaired) electrons. The molecular weight excluding hydrogens is 197 g/mol. The Hall–Kier alpha value is -1.42. The fourth-order valence-electron chi connectivity index (χ4n) is 1.60. The van der Waals surface area contributed by atoms with E-state index in [-0.39, 0.29) is 18.3 Å². The number of rotatable bonds is 1. The topological polar surface area (TPSA) is 38.3 Å². The molecule has 2 rings (SSSR count). The van der Waals surface area contributed by atoms with Crippen LogP contribution in [0.3, 0.4) is 0 Å². The van der Waals surface area contributed by atoms with Gasteiger partial charge in [0.2, 0.25) is 5.91 Å². The minimum Gasteiger partial charge on any atom is -0.359 e. The first-order valence-corrected chi connectivity index (χ1v) is 4.77. The molecule has 1 N–H and O–H groups in total. The Morgan fingerprint density at radius 3 is 2.93 bits per heavy atom. The maximum atomic E-state index is 13.0. The predicted octanol–water partition coefficient (Wildman–Crippen LogP) is 1.19. The molecule has 1 aromatic carbocycles. The van der Waals surface area contributed by atoms with E-state index in [0.29, 0.717) is 6.54 Å². The maximum absolute atomic E-state index is 13.0. The van der Waals surface area contributed by atoms with Crippen LogP contribution >= 0.6 is 0 Å². The van der Waals surface area contributed by atoms with Gasteiger partial charge in [0.15, 0.2) is 0 Å². The average Bonchev–Trinajstić information content (AvgIpc) is 2.23. The Kier molecular flexibility index (Phi) is 2.44. The third-order valence-corrected chi connectivity index (χ3v) is 2.58. The van der Waals surface area contributed by atoms with Gasteiger partial charge < -0.3 is 10.1 Å². The van der Waals surface area contributed by atoms with Gasteiger partial charge in [0.05, 0.1) is 6.54 Å². The summed E-state index contributed by atoms with van der Waals surface area (Å²) in [5, 5.41) is 2.70. The number of carbonyl (C=O) groups is 1. The fraction of sp³-hybridized carbons (Fsp3) is 0.364. The minimum atomic E-state index is -0.629. The zero-order chi connectivity index (χ0) is 10.9. The quantitative estimate of drug-likeness (QED) is 0.754. The Morgan fingerprint density at radius 2 is 2.33 bits per heavy atom. The zero-order valence-electron chi connectivity index (χ0n) is 8.42. The van der Waals surface area contributed by atoms with Crippen LogP contribution in [0.1, 0.15) is 12.5 Å². The predicted molar refractivity (Wildman–Crippen MR) is 52.7 cm³/mol. The molecule has 1 aromatic rings.